The van der Waals surface area contributed by atoms with Crippen LogP contribution in [0.15, 0.2) is 47.8 Å². The van der Waals surface area contributed by atoms with Crippen LogP contribution in [0.4, 0.5) is 0 Å². The maximum absolute atomic E-state index is 13.2. The van der Waals surface area contributed by atoms with Crippen molar-refractivity contribution >= 4 is 23.2 Å². The molecule has 2 N–H and O–H groups in total. The van der Waals surface area contributed by atoms with E-state index < -0.39 is 17.7 Å². The van der Waals surface area contributed by atoms with Gasteiger partial charge in [-0.25, -0.2) is 0 Å². The van der Waals surface area contributed by atoms with E-state index in [1.165, 1.54) is 11.3 Å². The molecule has 31 heavy (non-hydrogen) atoms. The van der Waals surface area contributed by atoms with Gasteiger partial charge in [0.15, 0.2) is 6.61 Å². The number of para-hydroxylation sites is 1. The smallest absolute Gasteiger partial charge is 0.261 e. The second kappa shape index (κ2) is 9.40. The number of hydrogen-bond donors (Lipinski definition) is 2. The molecular formula is C24H32N2O4S. The van der Waals surface area contributed by atoms with E-state index in [1.54, 1.807) is 24.0 Å². The molecule has 3 rings (SSSR count). The molecule has 0 radical (unpaired) electrons. The molecule has 1 saturated heterocycles. The van der Waals surface area contributed by atoms with Crippen LogP contribution in [-0.2, 0) is 9.59 Å². The molecule has 2 aromatic rings. The Hall–Kier alpha value is -2.38. The number of nitrogens with one attached hydrogen (secondary N) is 1. The van der Waals surface area contributed by atoms with Crippen molar-refractivity contribution in [3.05, 3.63) is 52.7 Å². The zero-order chi connectivity index (χ0) is 22.6. The van der Waals surface area contributed by atoms with Crippen molar-refractivity contribution in [2.45, 2.75) is 58.2 Å². The molecule has 0 bridgehead atoms. The van der Waals surface area contributed by atoms with E-state index in [0.717, 1.165) is 4.88 Å². The Labute approximate surface area is 188 Å². The number of carbonyl (C=O) groups excluding carboxylic acids is 2. The third-order valence-corrected chi connectivity index (χ3v) is 6.39. The van der Waals surface area contributed by atoms with Crippen LogP contribution < -0.4 is 10.1 Å². The number of nitrogens with zero attached hydrogens (tertiary/aromatic N) is 1. The summed E-state index contributed by atoms with van der Waals surface area (Å²) >= 11 is 1.51. The predicted octanol–water partition coefficient (Wildman–Crippen LogP) is 3.77. The van der Waals surface area contributed by atoms with Crippen LogP contribution in [-0.4, -0.2) is 46.6 Å². The molecule has 1 aromatic heterocycles. The highest BCUT2D eigenvalue weighted by Crippen LogP contribution is 2.39. The van der Waals surface area contributed by atoms with Crippen LogP contribution in [0.5, 0.6) is 5.75 Å². The van der Waals surface area contributed by atoms with E-state index in [4.69, 9.17) is 4.74 Å². The third-order valence-electron chi connectivity index (χ3n) is 5.45. The minimum atomic E-state index is -1.14. The van der Waals surface area contributed by atoms with E-state index in [9.17, 15) is 14.7 Å². The van der Waals surface area contributed by atoms with E-state index in [-0.39, 0.29) is 23.8 Å². The summed E-state index contributed by atoms with van der Waals surface area (Å²) in [5.74, 6) is 0.324. The van der Waals surface area contributed by atoms with Gasteiger partial charge in [0.1, 0.15) is 5.75 Å². The highest BCUT2D eigenvalue weighted by Gasteiger charge is 2.48. The molecule has 1 aliphatic rings. The Morgan fingerprint density at radius 2 is 1.94 bits per heavy atom. The summed E-state index contributed by atoms with van der Waals surface area (Å²) in [6, 6.07) is 12.0. The Bertz CT molecular complexity index is 875. The van der Waals surface area contributed by atoms with E-state index in [2.05, 4.69) is 5.32 Å². The molecule has 1 aromatic carbocycles. The molecule has 0 spiro atoms. The number of piperidine rings is 1. The Balaban J connectivity index is 1.83. The van der Waals surface area contributed by atoms with Crippen LogP contribution >= 0.6 is 11.3 Å². The summed E-state index contributed by atoms with van der Waals surface area (Å²) in [5.41, 5.74) is -1.32. The lowest BCUT2D eigenvalue weighted by atomic mass is 9.81. The van der Waals surface area contributed by atoms with Gasteiger partial charge in [-0.2, -0.15) is 0 Å². The number of aliphatic hydroxyl groups is 1. The second-order valence-electron chi connectivity index (χ2n) is 9.54. The largest absolute Gasteiger partial charge is 0.484 e. The van der Waals surface area contributed by atoms with Crippen molar-refractivity contribution in [3.8, 4) is 5.75 Å². The fourth-order valence-electron chi connectivity index (χ4n) is 3.90. The topological polar surface area (TPSA) is 78.9 Å². The van der Waals surface area contributed by atoms with Gasteiger partial charge in [0.25, 0.3) is 5.91 Å². The molecule has 0 aliphatic carbocycles. The van der Waals surface area contributed by atoms with Gasteiger partial charge in [0.05, 0.1) is 17.7 Å². The summed E-state index contributed by atoms with van der Waals surface area (Å²) in [6.07, 6.45) is 0.703. The number of hydrogen-bond acceptors (Lipinski definition) is 5. The standard InChI is InChI=1S/C24H32N2O4S/c1-23(2,3)15-19(27)25-22-21(18-11-8-14-31-18)26(13-12-24(22,4)29)20(28)16-30-17-9-6-5-7-10-17/h5-11,14,21-22,29H,12-13,15-16H2,1-4H3,(H,25,27). The first-order chi connectivity index (χ1) is 14.6. The zero-order valence-electron chi connectivity index (χ0n) is 18.6. The van der Waals surface area contributed by atoms with Crippen molar-refractivity contribution in [1.82, 2.24) is 10.2 Å². The summed E-state index contributed by atoms with van der Waals surface area (Å²) < 4.78 is 5.68. The van der Waals surface area contributed by atoms with Crippen LogP contribution in [0.25, 0.3) is 0 Å². The van der Waals surface area contributed by atoms with E-state index in [0.29, 0.717) is 25.1 Å². The van der Waals surface area contributed by atoms with Crippen molar-refractivity contribution in [2.24, 2.45) is 5.41 Å². The summed E-state index contributed by atoms with van der Waals surface area (Å²) in [4.78, 5) is 28.6. The number of rotatable bonds is 6. The fourth-order valence-corrected chi connectivity index (χ4v) is 4.78. The van der Waals surface area contributed by atoms with Crippen molar-refractivity contribution in [3.63, 3.8) is 0 Å². The Morgan fingerprint density at radius 3 is 2.55 bits per heavy atom. The van der Waals surface area contributed by atoms with Gasteiger partial charge in [0.2, 0.25) is 5.91 Å². The highest BCUT2D eigenvalue weighted by molar-refractivity contribution is 7.10. The van der Waals surface area contributed by atoms with E-state index >= 15 is 0 Å². The Kier molecular flexibility index (Phi) is 7.06. The van der Waals surface area contributed by atoms with Crippen molar-refractivity contribution < 1.29 is 19.4 Å². The molecule has 1 fully saturated rings. The summed E-state index contributed by atoms with van der Waals surface area (Å²) in [5, 5.41) is 16.2. The first kappa shape index (κ1) is 23.3. The third kappa shape index (κ3) is 6.08. The summed E-state index contributed by atoms with van der Waals surface area (Å²) in [6.45, 7) is 8.02. The normalized spacial score (nSPS) is 24.0. The SMILES string of the molecule is CC(C)(C)CC(=O)NC1C(c2cccs2)N(C(=O)COc2ccccc2)CCC1(C)O. The van der Waals surface area contributed by atoms with Gasteiger partial charge >= 0.3 is 0 Å². The van der Waals surface area contributed by atoms with Crippen molar-refractivity contribution in [2.75, 3.05) is 13.2 Å². The number of thiophene rings is 1. The van der Waals surface area contributed by atoms with Gasteiger partial charge in [-0.3, -0.25) is 9.59 Å². The maximum atomic E-state index is 13.2. The van der Waals surface area contributed by atoms with Gasteiger partial charge < -0.3 is 20.1 Å². The van der Waals surface area contributed by atoms with Crippen LogP contribution in [0.2, 0.25) is 0 Å². The number of ether oxygens (including phenoxy) is 1. The molecule has 0 saturated carbocycles. The molecule has 6 nitrogen and oxygen atoms in total. The first-order valence-electron chi connectivity index (χ1n) is 10.6. The monoisotopic (exact) mass is 444 g/mol. The lowest BCUT2D eigenvalue weighted by Crippen LogP contribution is -2.63. The average Bonchev–Trinajstić information content (AvgIpc) is 3.21. The van der Waals surface area contributed by atoms with Crippen LogP contribution in [0.1, 0.15) is 51.5 Å². The van der Waals surface area contributed by atoms with Gasteiger partial charge in [-0.05, 0) is 42.3 Å². The quantitative estimate of drug-likeness (QED) is 0.711. The summed E-state index contributed by atoms with van der Waals surface area (Å²) in [7, 11) is 0. The lowest BCUT2D eigenvalue weighted by molar-refractivity contribution is -0.148. The van der Waals surface area contributed by atoms with Gasteiger partial charge in [-0.1, -0.05) is 45.0 Å². The number of amides is 2. The second-order valence-corrected chi connectivity index (χ2v) is 10.5. The fraction of sp³-hybridized carbons (Fsp3) is 0.500. The minimum Gasteiger partial charge on any atom is -0.484 e. The van der Waals surface area contributed by atoms with Crippen LogP contribution in [0.3, 0.4) is 0 Å². The lowest BCUT2D eigenvalue weighted by Gasteiger charge is -2.48. The predicted molar refractivity (Wildman–Crippen MR) is 122 cm³/mol. The van der Waals surface area contributed by atoms with E-state index in [1.807, 2.05) is 56.5 Å². The van der Waals surface area contributed by atoms with Crippen LogP contribution in [0, 0.1) is 5.41 Å². The molecular weight excluding hydrogens is 412 g/mol. The van der Waals surface area contributed by atoms with Gasteiger partial charge in [-0.15, -0.1) is 11.3 Å². The van der Waals surface area contributed by atoms with Crippen molar-refractivity contribution in [1.29, 1.82) is 0 Å². The highest BCUT2D eigenvalue weighted by atomic mass is 32.1. The molecule has 1 aliphatic heterocycles. The molecule has 7 heteroatoms. The average molecular weight is 445 g/mol. The minimum absolute atomic E-state index is 0.101. The van der Waals surface area contributed by atoms with Gasteiger partial charge in [0, 0.05) is 17.8 Å². The zero-order valence-corrected chi connectivity index (χ0v) is 19.4. The Morgan fingerprint density at radius 1 is 1.23 bits per heavy atom. The number of benzene rings is 1. The molecule has 3 atom stereocenters. The number of carbonyl (C=O) groups is 2. The molecule has 3 unspecified atom stereocenters. The molecule has 2 heterocycles. The first-order valence-corrected chi connectivity index (χ1v) is 11.5. The molecule has 2 amide bonds. The molecule has 168 valence electrons. The maximum Gasteiger partial charge on any atom is 0.261 e. The number of likely N-dealkylation sites (tertiary alicyclic amines) is 1.